The van der Waals surface area contributed by atoms with E-state index in [-0.39, 0.29) is 24.5 Å². The highest BCUT2D eigenvalue weighted by molar-refractivity contribution is 5.80. The maximum Gasteiger partial charge on any atom is 0.320 e. The molecule has 2 aliphatic rings. The van der Waals surface area contributed by atoms with Crippen molar-refractivity contribution in [3.8, 4) is 0 Å². The number of likely N-dealkylation sites (tertiary alicyclic amines) is 1. The molecule has 1 aliphatic heterocycles. The molecule has 4 atom stereocenters. The third-order valence-electron chi connectivity index (χ3n) is 5.51. The summed E-state index contributed by atoms with van der Waals surface area (Å²) in [5.74, 6) is -0.462. The lowest BCUT2D eigenvalue weighted by Gasteiger charge is -2.32. The molecule has 1 saturated heterocycles. The molecule has 1 aromatic rings. The van der Waals surface area contributed by atoms with Crippen LogP contribution >= 0.6 is 0 Å². The standard InChI is InChI=1S/C19H26N2O3/c1-13(14-7-3-2-4-8-14)20-18(22)12-21-16-10-6-5-9-15(16)11-17(21)19(23)24/h2-4,7-8,13,15-17H,5-6,9-12H2,1H3,(H,20,22)(H,23,24)/t13-,15+,16+,17-/m0/s1. The van der Waals surface area contributed by atoms with Crippen LogP contribution in [0.2, 0.25) is 0 Å². The summed E-state index contributed by atoms with van der Waals surface area (Å²) >= 11 is 0. The number of carbonyl (C=O) groups excluding carboxylic acids is 1. The summed E-state index contributed by atoms with van der Waals surface area (Å²) in [7, 11) is 0. The Morgan fingerprint density at radius 2 is 1.96 bits per heavy atom. The molecule has 2 N–H and O–H groups in total. The minimum atomic E-state index is -0.798. The molecule has 5 nitrogen and oxygen atoms in total. The Balaban J connectivity index is 1.64. The molecule has 1 amide bonds. The van der Waals surface area contributed by atoms with Crippen molar-refractivity contribution in [3.63, 3.8) is 0 Å². The van der Waals surface area contributed by atoms with E-state index in [4.69, 9.17) is 0 Å². The first-order chi connectivity index (χ1) is 11.6. The van der Waals surface area contributed by atoms with Crippen LogP contribution in [0.1, 0.15) is 50.6 Å². The number of nitrogens with zero attached hydrogens (tertiary/aromatic N) is 1. The van der Waals surface area contributed by atoms with Gasteiger partial charge in [-0.15, -0.1) is 0 Å². The van der Waals surface area contributed by atoms with E-state index in [1.54, 1.807) is 0 Å². The number of amides is 1. The fourth-order valence-electron chi connectivity index (χ4n) is 4.30. The van der Waals surface area contributed by atoms with E-state index in [1.165, 1.54) is 6.42 Å². The summed E-state index contributed by atoms with van der Waals surface area (Å²) in [6.45, 7) is 2.13. The quantitative estimate of drug-likeness (QED) is 0.870. The number of fused-ring (bicyclic) bond motifs is 1. The number of carbonyl (C=O) groups is 2. The van der Waals surface area contributed by atoms with Gasteiger partial charge in [0.15, 0.2) is 0 Å². The second-order valence-corrected chi connectivity index (χ2v) is 7.07. The third-order valence-corrected chi connectivity index (χ3v) is 5.51. The fraction of sp³-hybridized carbons (Fsp3) is 0.579. The number of aliphatic carboxylic acids is 1. The number of nitrogens with one attached hydrogen (secondary N) is 1. The first kappa shape index (κ1) is 17.0. The molecule has 1 aromatic carbocycles. The van der Waals surface area contributed by atoms with Gasteiger partial charge in [0.05, 0.1) is 12.6 Å². The van der Waals surface area contributed by atoms with Gasteiger partial charge in [-0.25, -0.2) is 0 Å². The van der Waals surface area contributed by atoms with Gasteiger partial charge in [0.25, 0.3) is 0 Å². The molecule has 0 unspecified atom stereocenters. The summed E-state index contributed by atoms with van der Waals surface area (Å²) in [6.07, 6.45) is 5.09. The zero-order valence-corrected chi connectivity index (χ0v) is 14.1. The van der Waals surface area contributed by atoms with Gasteiger partial charge in [-0.05, 0) is 37.7 Å². The summed E-state index contributed by atoms with van der Waals surface area (Å²) < 4.78 is 0. The van der Waals surface area contributed by atoms with Crippen molar-refractivity contribution < 1.29 is 14.7 Å². The molecule has 0 radical (unpaired) electrons. The Labute approximate surface area is 143 Å². The maximum absolute atomic E-state index is 12.5. The minimum Gasteiger partial charge on any atom is -0.480 e. The number of carboxylic acids is 1. The monoisotopic (exact) mass is 330 g/mol. The van der Waals surface area contributed by atoms with Crippen LogP contribution in [-0.4, -0.2) is 40.5 Å². The Morgan fingerprint density at radius 1 is 1.25 bits per heavy atom. The van der Waals surface area contributed by atoms with Crippen molar-refractivity contribution in [1.82, 2.24) is 10.2 Å². The molecular formula is C19H26N2O3. The van der Waals surface area contributed by atoms with Gasteiger partial charge >= 0.3 is 5.97 Å². The van der Waals surface area contributed by atoms with Crippen LogP contribution in [0.15, 0.2) is 30.3 Å². The molecule has 5 heteroatoms. The van der Waals surface area contributed by atoms with Crippen LogP contribution in [0.3, 0.4) is 0 Å². The van der Waals surface area contributed by atoms with Crippen molar-refractivity contribution in [1.29, 1.82) is 0 Å². The average Bonchev–Trinajstić information content (AvgIpc) is 2.94. The Hall–Kier alpha value is -1.88. The summed E-state index contributed by atoms with van der Waals surface area (Å²) in [5.41, 5.74) is 1.05. The maximum atomic E-state index is 12.5. The van der Waals surface area contributed by atoms with E-state index < -0.39 is 12.0 Å². The van der Waals surface area contributed by atoms with Gasteiger partial charge < -0.3 is 10.4 Å². The van der Waals surface area contributed by atoms with Crippen molar-refractivity contribution >= 4 is 11.9 Å². The van der Waals surface area contributed by atoms with Crippen molar-refractivity contribution in [2.45, 2.75) is 57.2 Å². The van der Waals surface area contributed by atoms with E-state index in [9.17, 15) is 14.7 Å². The SMILES string of the molecule is C[C@H](NC(=O)CN1[C@@H]2CCCC[C@@H]2C[C@H]1C(=O)O)c1ccccc1. The number of rotatable bonds is 5. The highest BCUT2D eigenvalue weighted by atomic mass is 16.4. The molecular weight excluding hydrogens is 304 g/mol. The molecule has 0 aromatic heterocycles. The number of benzene rings is 1. The number of carboxylic acid groups (broad SMARTS) is 1. The molecule has 2 fully saturated rings. The first-order valence-corrected chi connectivity index (χ1v) is 8.89. The zero-order chi connectivity index (χ0) is 17.1. The number of hydrogen-bond donors (Lipinski definition) is 2. The molecule has 3 rings (SSSR count). The fourth-order valence-corrected chi connectivity index (χ4v) is 4.30. The molecule has 1 heterocycles. The van der Waals surface area contributed by atoms with E-state index in [1.807, 2.05) is 42.2 Å². The molecule has 130 valence electrons. The molecule has 24 heavy (non-hydrogen) atoms. The van der Waals surface area contributed by atoms with E-state index in [0.29, 0.717) is 12.3 Å². The van der Waals surface area contributed by atoms with Crippen LogP contribution in [0.25, 0.3) is 0 Å². The largest absolute Gasteiger partial charge is 0.480 e. The van der Waals surface area contributed by atoms with Gasteiger partial charge in [0, 0.05) is 6.04 Å². The lowest BCUT2D eigenvalue weighted by molar-refractivity contribution is -0.143. The molecule has 1 saturated carbocycles. The van der Waals surface area contributed by atoms with Gasteiger partial charge in [-0.1, -0.05) is 43.2 Å². The predicted molar refractivity (Wildman–Crippen MR) is 91.5 cm³/mol. The molecule has 0 bridgehead atoms. The third kappa shape index (κ3) is 3.61. The summed E-state index contributed by atoms with van der Waals surface area (Å²) in [4.78, 5) is 26.0. The Morgan fingerprint density at radius 3 is 2.67 bits per heavy atom. The van der Waals surface area contributed by atoms with Crippen LogP contribution in [0, 0.1) is 5.92 Å². The van der Waals surface area contributed by atoms with Crippen molar-refractivity contribution in [3.05, 3.63) is 35.9 Å². The molecule has 0 spiro atoms. The average molecular weight is 330 g/mol. The van der Waals surface area contributed by atoms with E-state index in [2.05, 4.69) is 5.32 Å². The first-order valence-electron chi connectivity index (χ1n) is 8.89. The lowest BCUT2D eigenvalue weighted by Crippen LogP contribution is -2.47. The van der Waals surface area contributed by atoms with Gasteiger partial charge in [0.1, 0.15) is 6.04 Å². The van der Waals surface area contributed by atoms with Gasteiger partial charge in [0.2, 0.25) is 5.91 Å². The summed E-state index contributed by atoms with van der Waals surface area (Å²) in [6, 6.07) is 9.47. The highest BCUT2D eigenvalue weighted by Gasteiger charge is 2.45. The van der Waals surface area contributed by atoms with E-state index in [0.717, 1.165) is 24.8 Å². The second-order valence-electron chi connectivity index (χ2n) is 7.07. The van der Waals surface area contributed by atoms with Crippen LogP contribution in [0.5, 0.6) is 0 Å². The minimum absolute atomic E-state index is 0.0771. The summed E-state index contributed by atoms with van der Waals surface area (Å²) in [5, 5.41) is 12.5. The van der Waals surface area contributed by atoms with Crippen LogP contribution in [0.4, 0.5) is 0 Å². The van der Waals surface area contributed by atoms with E-state index >= 15 is 0 Å². The predicted octanol–water partition coefficient (Wildman–Crippen LogP) is 2.58. The van der Waals surface area contributed by atoms with Gasteiger partial charge in [-0.3, -0.25) is 14.5 Å². The number of hydrogen-bond acceptors (Lipinski definition) is 3. The Kier molecular flexibility index (Phi) is 5.19. The van der Waals surface area contributed by atoms with Crippen molar-refractivity contribution in [2.24, 2.45) is 5.92 Å². The second kappa shape index (κ2) is 7.34. The van der Waals surface area contributed by atoms with Gasteiger partial charge in [-0.2, -0.15) is 0 Å². The zero-order valence-electron chi connectivity index (χ0n) is 14.1. The van der Waals surface area contributed by atoms with Crippen LogP contribution in [-0.2, 0) is 9.59 Å². The highest BCUT2D eigenvalue weighted by Crippen LogP contribution is 2.39. The smallest absolute Gasteiger partial charge is 0.320 e. The lowest BCUT2D eigenvalue weighted by atomic mass is 9.85. The molecule has 1 aliphatic carbocycles. The van der Waals surface area contributed by atoms with Crippen LogP contribution < -0.4 is 5.32 Å². The van der Waals surface area contributed by atoms with Crippen molar-refractivity contribution in [2.75, 3.05) is 6.54 Å². The Bertz CT molecular complexity index is 590. The topological polar surface area (TPSA) is 69.6 Å². The normalized spacial score (nSPS) is 28.1.